The number of hydrogen-bond acceptors (Lipinski definition) is 3. The molecule has 104 valence electrons. The van der Waals surface area contributed by atoms with Crippen molar-refractivity contribution in [2.45, 2.75) is 25.7 Å². The second-order valence-corrected chi connectivity index (χ2v) is 5.98. The van der Waals surface area contributed by atoms with E-state index < -0.39 is 0 Å². The Bertz CT molecular complexity index is 392. The highest BCUT2D eigenvalue weighted by molar-refractivity contribution is 5.41. The number of nitrogens with zero attached hydrogens (tertiary/aromatic N) is 1. The summed E-state index contributed by atoms with van der Waals surface area (Å²) in [6.07, 6.45) is 5.50. The number of hydrogen-bond donors (Lipinski definition) is 1. The van der Waals surface area contributed by atoms with Crippen LogP contribution in [0, 0.1) is 11.8 Å². The third-order valence-electron chi connectivity index (χ3n) is 4.57. The number of ether oxygens (including phenoxy) is 1. The van der Waals surface area contributed by atoms with Crippen molar-refractivity contribution in [2.24, 2.45) is 11.8 Å². The number of anilines is 1. The molecule has 0 radical (unpaired) electrons. The third kappa shape index (κ3) is 3.21. The summed E-state index contributed by atoms with van der Waals surface area (Å²) in [5.74, 6) is 2.92. The van der Waals surface area contributed by atoms with E-state index in [9.17, 15) is 0 Å². The predicted octanol–water partition coefficient (Wildman–Crippen LogP) is 2.77. The average Bonchev–Trinajstić information content (AvgIpc) is 2.97. The molecule has 0 bridgehead atoms. The van der Waals surface area contributed by atoms with Crippen LogP contribution in [-0.4, -0.2) is 31.1 Å². The Labute approximate surface area is 115 Å². The van der Waals surface area contributed by atoms with E-state index in [1.165, 1.54) is 38.9 Å². The number of benzene rings is 1. The van der Waals surface area contributed by atoms with Crippen LogP contribution in [0.5, 0.6) is 5.75 Å². The van der Waals surface area contributed by atoms with Gasteiger partial charge in [0.2, 0.25) is 0 Å². The van der Waals surface area contributed by atoms with Gasteiger partial charge < -0.3 is 15.4 Å². The van der Waals surface area contributed by atoms with Crippen molar-refractivity contribution in [3.05, 3.63) is 24.3 Å². The van der Waals surface area contributed by atoms with Gasteiger partial charge in [0.05, 0.1) is 6.61 Å². The topological polar surface area (TPSA) is 38.5 Å². The van der Waals surface area contributed by atoms with E-state index in [0.717, 1.165) is 36.3 Å². The average molecular weight is 260 g/mol. The minimum absolute atomic E-state index is 0.788. The maximum absolute atomic E-state index is 5.73. The molecule has 1 saturated heterocycles. The summed E-state index contributed by atoms with van der Waals surface area (Å²) in [7, 11) is 0. The first kappa shape index (κ1) is 12.8. The van der Waals surface area contributed by atoms with Crippen LogP contribution in [0.2, 0.25) is 0 Å². The molecule has 1 aliphatic carbocycles. The molecular weight excluding hydrogens is 236 g/mol. The summed E-state index contributed by atoms with van der Waals surface area (Å²) >= 11 is 0. The lowest BCUT2D eigenvalue weighted by Crippen LogP contribution is -2.24. The highest BCUT2D eigenvalue weighted by Gasteiger charge is 2.35. The van der Waals surface area contributed by atoms with E-state index in [2.05, 4.69) is 4.90 Å². The summed E-state index contributed by atoms with van der Waals surface area (Å²) in [6, 6.07) is 7.65. The Morgan fingerprint density at radius 1 is 1.11 bits per heavy atom. The van der Waals surface area contributed by atoms with Gasteiger partial charge >= 0.3 is 0 Å². The molecule has 1 heterocycles. The van der Waals surface area contributed by atoms with E-state index in [1.807, 2.05) is 24.3 Å². The fourth-order valence-corrected chi connectivity index (χ4v) is 3.56. The monoisotopic (exact) mass is 260 g/mol. The predicted molar refractivity (Wildman–Crippen MR) is 78.2 cm³/mol. The molecule has 1 aliphatic heterocycles. The van der Waals surface area contributed by atoms with Crippen LogP contribution in [0.15, 0.2) is 24.3 Å². The lowest BCUT2D eigenvalue weighted by molar-refractivity contribution is 0.253. The first-order valence-electron chi connectivity index (χ1n) is 7.52. The van der Waals surface area contributed by atoms with Crippen LogP contribution in [0.25, 0.3) is 0 Å². The summed E-state index contributed by atoms with van der Waals surface area (Å²) < 4.78 is 5.73. The van der Waals surface area contributed by atoms with E-state index >= 15 is 0 Å². The second-order valence-electron chi connectivity index (χ2n) is 5.98. The van der Waals surface area contributed by atoms with Crippen molar-refractivity contribution < 1.29 is 4.74 Å². The Balaban J connectivity index is 1.34. The molecule has 2 fully saturated rings. The van der Waals surface area contributed by atoms with Crippen LogP contribution in [0.3, 0.4) is 0 Å². The molecule has 3 rings (SSSR count). The van der Waals surface area contributed by atoms with Gasteiger partial charge in [0.15, 0.2) is 0 Å². The molecule has 1 saturated carbocycles. The molecule has 2 atom stereocenters. The number of nitrogens with two attached hydrogens (primary N) is 1. The standard InChI is InChI=1S/C16H24N2O/c17-15-5-7-16(8-6-15)19-10-2-9-18-11-13-3-1-4-14(13)12-18/h5-8,13-14H,1-4,9-12,17H2. The summed E-state index contributed by atoms with van der Waals surface area (Å²) in [4.78, 5) is 2.63. The van der Waals surface area contributed by atoms with E-state index in [0.29, 0.717) is 0 Å². The molecule has 19 heavy (non-hydrogen) atoms. The molecule has 2 aliphatic rings. The molecular formula is C16H24N2O. The Morgan fingerprint density at radius 3 is 2.47 bits per heavy atom. The van der Waals surface area contributed by atoms with Crippen LogP contribution in [0.1, 0.15) is 25.7 Å². The van der Waals surface area contributed by atoms with Crippen molar-refractivity contribution in [3.8, 4) is 5.75 Å². The molecule has 0 spiro atoms. The first-order chi connectivity index (χ1) is 9.31. The van der Waals surface area contributed by atoms with Crippen LogP contribution in [0.4, 0.5) is 5.69 Å². The molecule has 3 nitrogen and oxygen atoms in total. The van der Waals surface area contributed by atoms with Crippen LogP contribution in [-0.2, 0) is 0 Å². The van der Waals surface area contributed by atoms with Gasteiger partial charge in [-0.1, -0.05) is 6.42 Å². The van der Waals surface area contributed by atoms with Crippen molar-refractivity contribution in [3.63, 3.8) is 0 Å². The molecule has 0 amide bonds. The quantitative estimate of drug-likeness (QED) is 0.653. The number of nitrogen functional groups attached to an aromatic ring is 1. The van der Waals surface area contributed by atoms with Gasteiger partial charge in [0.25, 0.3) is 0 Å². The van der Waals surface area contributed by atoms with E-state index in [4.69, 9.17) is 10.5 Å². The molecule has 3 heteroatoms. The van der Waals surface area contributed by atoms with Crippen molar-refractivity contribution in [1.82, 2.24) is 4.90 Å². The number of rotatable bonds is 5. The largest absolute Gasteiger partial charge is 0.494 e. The first-order valence-corrected chi connectivity index (χ1v) is 7.52. The molecule has 0 aromatic heterocycles. The minimum Gasteiger partial charge on any atom is -0.494 e. The molecule has 2 unspecified atom stereocenters. The number of likely N-dealkylation sites (tertiary alicyclic amines) is 1. The maximum Gasteiger partial charge on any atom is 0.119 e. The van der Waals surface area contributed by atoms with Gasteiger partial charge in [-0.25, -0.2) is 0 Å². The zero-order valence-electron chi connectivity index (χ0n) is 11.6. The Morgan fingerprint density at radius 2 is 1.79 bits per heavy atom. The van der Waals surface area contributed by atoms with Crippen molar-refractivity contribution >= 4 is 5.69 Å². The SMILES string of the molecule is Nc1ccc(OCCCN2CC3CCCC3C2)cc1. The van der Waals surface area contributed by atoms with Gasteiger partial charge in [-0.15, -0.1) is 0 Å². The Hall–Kier alpha value is -1.22. The van der Waals surface area contributed by atoms with Crippen LogP contribution < -0.4 is 10.5 Å². The van der Waals surface area contributed by atoms with E-state index in [-0.39, 0.29) is 0 Å². The lowest BCUT2D eigenvalue weighted by Gasteiger charge is -2.16. The maximum atomic E-state index is 5.73. The van der Waals surface area contributed by atoms with E-state index in [1.54, 1.807) is 0 Å². The number of fused-ring (bicyclic) bond motifs is 1. The highest BCUT2D eigenvalue weighted by Crippen LogP contribution is 2.37. The van der Waals surface area contributed by atoms with Crippen LogP contribution >= 0.6 is 0 Å². The smallest absolute Gasteiger partial charge is 0.119 e. The zero-order valence-corrected chi connectivity index (χ0v) is 11.6. The Kier molecular flexibility index (Phi) is 3.92. The lowest BCUT2D eigenvalue weighted by atomic mass is 10.0. The van der Waals surface area contributed by atoms with Crippen molar-refractivity contribution in [2.75, 3.05) is 32.0 Å². The minimum atomic E-state index is 0.788. The normalized spacial score (nSPS) is 26.5. The molecule has 1 aromatic rings. The molecule has 1 aromatic carbocycles. The summed E-state index contributed by atoms with van der Waals surface area (Å²) in [6.45, 7) is 4.64. The fraction of sp³-hybridized carbons (Fsp3) is 0.625. The van der Waals surface area contributed by atoms with Gasteiger partial charge in [-0.2, -0.15) is 0 Å². The van der Waals surface area contributed by atoms with Crippen molar-refractivity contribution in [1.29, 1.82) is 0 Å². The summed E-state index contributed by atoms with van der Waals surface area (Å²) in [5, 5.41) is 0. The fourth-order valence-electron chi connectivity index (χ4n) is 3.56. The van der Waals surface area contributed by atoms with Gasteiger partial charge in [0.1, 0.15) is 5.75 Å². The van der Waals surface area contributed by atoms with Gasteiger partial charge in [0, 0.05) is 25.3 Å². The zero-order chi connectivity index (χ0) is 13.1. The second kappa shape index (κ2) is 5.83. The third-order valence-corrected chi connectivity index (χ3v) is 4.57. The van der Waals surface area contributed by atoms with Gasteiger partial charge in [-0.05, 0) is 55.4 Å². The summed E-state index contributed by atoms with van der Waals surface area (Å²) in [5.41, 5.74) is 6.43. The highest BCUT2D eigenvalue weighted by atomic mass is 16.5. The molecule has 2 N–H and O–H groups in total. The van der Waals surface area contributed by atoms with Gasteiger partial charge in [-0.3, -0.25) is 0 Å².